The van der Waals surface area contributed by atoms with E-state index >= 15 is 0 Å². The largest absolute Gasteiger partial charge is 0.352 e. The van der Waals surface area contributed by atoms with Crippen LogP contribution in [0.25, 0.3) is 0 Å². The zero-order valence-electron chi connectivity index (χ0n) is 8.82. The molecular weight excluding hydrogens is 208 g/mol. The van der Waals surface area contributed by atoms with Crippen LogP contribution in [0.3, 0.4) is 0 Å². The second-order valence-electron chi connectivity index (χ2n) is 3.95. The van der Waals surface area contributed by atoms with E-state index in [9.17, 15) is 4.79 Å². The fraction of sp³-hybridized carbons (Fsp3) is 0.545. The van der Waals surface area contributed by atoms with Crippen LogP contribution in [0.2, 0.25) is 0 Å². The summed E-state index contributed by atoms with van der Waals surface area (Å²) < 4.78 is 0. The van der Waals surface area contributed by atoms with Crippen LogP contribution in [-0.4, -0.2) is 18.5 Å². The second kappa shape index (κ2) is 4.77. The number of carbonyl (C=O) groups is 1. The van der Waals surface area contributed by atoms with E-state index in [0.717, 1.165) is 13.0 Å². The molecule has 1 aliphatic heterocycles. The van der Waals surface area contributed by atoms with Crippen molar-refractivity contribution in [1.82, 2.24) is 10.6 Å². The normalized spacial score (nSPS) is 22.7. The van der Waals surface area contributed by atoms with Crippen molar-refractivity contribution in [3.05, 3.63) is 22.4 Å². The summed E-state index contributed by atoms with van der Waals surface area (Å²) in [6.45, 7) is 3.02. The highest BCUT2D eigenvalue weighted by molar-refractivity contribution is 7.10. The first-order valence-corrected chi connectivity index (χ1v) is 6.20. The van der Waals surface area contributed by atoms with Crippen molar-refractivity contribution in [3.63, 3.8) is 0 Å². The molecule has 2 heterocycles. The van der Waals surface area contributed by atoms with E-state index in [4.69, 9.17) is 0 Å². The second-order valence-corrected chi connectivity index (χ2v) is 4.93. The van der Waals surface area contributed by atoms with Gasteiger partial charge >= 0.3 is 0 Å². The Morgan fingerprint density at radius 2 is 2.60 bits per heavy atom. The standard InChI is InChI=1S/C11H16N2OS/c1-8(10-3-2-6-15-10)12-7-9-4-5-11(14)13-9/h2-3,6,8-9,12H,4-5,7H2,1H3,(H,13,14)/t8-,9?/m0/s1. The Bertz CT molecular complexity index is 323. The van der Waals surface area contributed by atoms with E-state index in [1.807, 2.05) is 0 Å². The highest BCUT2D eigenvalue weighted by atomic mass is 32.1. The summed E-state index contributed by atoms with van der Waals surface area (Å²) in [6, 6.07) is 4.90. The van der Waals surface area contributed by atoms with Crippen molar-refractivity contribution in [2.45, 2.75) is 31.8 Å². The lowest BCUT2D eigenvalue weighted by Crippen LogP contribution is -2.36. The van der Waals surface area contributed by atoms with Crippen molar-refractivity contribution in [2.24, 2.45) is 0 Å². The lowest BCUT2D eigenvalue weighted by atomic mass is 10.2. The number of rotatable bonds is 4. The van der Waals surface area contributed by atoms with Crippen molar-refractivity contribution in [3.8, 4) is 0 Å². The van der Waals surface area contributed by atoms with Crippen molar-refractivity contribution in [2.75, 3.05) is 6.54 Å². The third-order valence-corrected chi connectivity index (χ3v) is 3.78. The molecule has 1 amide bonds. The zero-order valence-corrected chi connectivity index (χ0v) is 9.64. The fourth-order valence-electron chi connectivity index (χ4n) is 1.79. The number of thiophene rings is 1. The number of amides is 1. The van der Waals surface area contributed by atoms with Gasteiger partial charge in [-0.2, -0.15) is 0 Å². The van der Waals surface area contributed by atoms with Gasteiger partial charge in [0.25, 0.3) is 0 Å². The van der Waals surface area contributed by atoms with Crippen LogP contribution in [0.1, 0.15) is 30.7 Å². The molecule has 3 nitrogen and oxygen atoms in total. The Balaban J connectivity index is 1.76. The molecule has 2 rings (SSSR count). The molecule has 15 heavy (non-hydrogen) atoms. The number of nitrogens with one attached hydrogen (secondary N) is 2. The Hall–Kier alpha value is -0.870. The van der Waals surface area contributed by atoms with Crippen LogP contribution in [0.5, 0.6) is 0 Å². The van der Waals surface area contributed by atoms with Crippen LogP contribution in [0.4, 0.5) is 0 Å². The summed E-state index contributed by atoms with van der Waals surface area (Å²) >= 11 is 1.76. The molecular formula is C11H16N2OS. The molecule has 1 saturated heterocycles. The van der Waals surface area contributed by atoms with Gasteiger partial charge in [0.05, 0.1) is 0 Å². The highest BCUT2D eigenvalue weighted by Crippen LogP contribution is 2.18. The van der Waals surface area contributed by atoms with Gasteiger partial charge in [-0.25, -0.2) is 0 Å². The van der Waals surface area contributed by atoms with Gasteiger partial charge in [-0.15, -0.1) is 11.3 Å². The first-order valence-electron chi connectivity index (χ1n) is 5.32. The Labute approximate surface area is 93.9 Å². The molecule has 1 fully saturated rings. The van der Waals surface area contributed by atoms with Gasteiger partial charge in [-0.3, -0.25) is 4.79 Å². The van der Waals surface area contributed by atoms with Gasteiger partial charge in [-0.1, -0.05) is 6.07 Å². The van der Waals surface area contributed by atoms with Crippen molar-refractivity contribution in [1.29, 1.82) is 0 Å². The molecule has 2 N–H and O–H groups in total. The average molecular weight is 224 g/mol. The lowest BCUT2D eigenvalue weighted by molar-refractivity contribution is -0.119. The van der Waals surface area contributed by atoms with Crippen LogP contribution in [0, 0.1) is 0 Å². The first-order chi connectivity index (χ1) is 7.25. The Kier molecular flexibility index (Phi) is 3.38. The molecule has 1 aromatic heterocycles. The predicted octanol–water partition coefficient (Wildman–Crippen LogP) is 1.68. The van der Waals surface area contributed by atoms with Crippen LogP contribution in [-0.2, 0) is 4.79 Å². The summed E-state index contributed by atoms with van der Waals surface area (Å²) in [4.78, 5) is 12.3. The van der Waals surface area contributed by atoms with E-state index in [0.29, 0.717) is 18.5 Å². The molecule has 0 aromatic carbocycles. The molecule has 2 atom stereocenters. The fourth-order valence-corrected chi connectivity index (χ4v) is 2.55. The molecule has 0 spiro atoms. The topological polar surface area (TPSA) is 41.1 Å². The minimum Gasteiger partial charge on any atom is -0.352 e. The molecule has 1 unspecified atom stereocenters. The third kappa shape index (κ3) is 2.79. The first kappa shape index (κ1) is 10.6. The van der Waals surface area contributed by atoms with Gasteiger partial charge in [0.2, 0.25) is 5.91 Å². The Morgan fingerprint density at radius 3 is 3.20 bits per heavy atom. The third-order valence-electron chi connectivity index (χ3n) is 2.73. The summed E-state index contributed by atoms with van der Waals surface area (Å²) in [5, 5.41) is 8.49. The van der Waals surface area contributed by atoms with E-state index < -0.39 is 0 Å². The number of hydrogen-bond acceptors (Lipinski definition) is 3. The summed E-state index contributed by atoms with van der Waals surface area (Å²) in [7, 11) is 0. The smallest absolute Gasteiger partial charge is 0.220 e. The number of hydrogen-bond donors (Lipinski definition) is 2. The molecule has 82 valence electrons. The van der Waals surface area contributed by atoms with E-state index in [1.165, 1.54) is 4.88 Å². The van der Waals surface area contributed by atoms with Crippen LogP contribution in [0.15, 0.2) is 17.5 Å². The average Bonchev–Trinajstić information content (AvgIpc) is 2.84. The maximum atomic E-state index is 11.0. The molecule has 0 bridgehead atoms. The predicted molar refractivity (Wildman–Crippen MR) is 61.9 cm³/mol. The molecule has 1 aromatic rings. The molecule has 0 aliphatic carbocycles. The molecule has 4 heteroatoms. The van der Waals surface area contributed by atoms with Gasteiger partial charge in [0.1, 0.15) is 0 Å². The van der Waals surface area contributed by atoms with Crippen molar-refractivity contribution < 1.29 is 4.79 Å². The highest BCUT2D eigenvalue weighted by Gasteiger charge is 2.20. The summed E-state index contributed by atoms with van der Waals surface area (Å²) in [6.07, 6.45) is 1.64. The molecule has 0 saturated carbocycles. The van der Waals surface area contributed by atoms with Crippen LogP contribution >= 0.6 is 11.3 Å². The van der Waals surface area contributed by atoms with E-state index in [-0.39, 0.29) is 5.91 Å². The maximum Gasteiger partial charge on any atom is 0.220 e. The van der Waals surface area contributed by atoms with E-state index in [2.05, 4.69) is 35.1 Å². The minimum absolute atomic E-state index is 0.186. The summed E-state index contributed by atoms with van der Waals surface area (Å²) in [5.41, 5.74) is 0. The minimum atomic E-state index is 0.186. The monoisotopic (exact) mass is 224 g/mol. The molecule has 0 radical (unpaired) electrons. The van der Waals surface area contributed by atoms with Crippen LogP contribution < -0.4 is 10.6 Å². The quantitative estimate of drug-likeness (QED) is 0.817. The SMILES string of the molecule is C[C@H](NCC1CCC(=O)N1)c1cccs1. The van der Waals surface area contributed by atoms with Gasteiger partial charge in [0.15, 0.2) is 0 Å². The lowest BCUT2D eigenvalue weighted by Gasteiger charge is -2.16. The molecule has 1 aliphatic rings. The van der Waals surface area contributed by atoms with Gasteiger partial charge in [0, 0.05) is 29.9 Å². The van der Waals surface area contributed by atoms with Crippen molar-refractivity contribution >= 4 is 17.2 Å². The maximum absolute atomic E-state index is 11.0. The summed E-state index contributed by atoms with van der Waals surface area (Å²) in [5.74, 6) is 0.186. The van der Waals surface area contributed by atoms with E-state index in [1.54, 1.807) is 11.3 Å². The van der Waals surface area contributed by atoms with Gasteiger partial charge in [-0.05, 0) is 24.8 Å². The Morgan fingerprint density at radius 1 is 1.73 bits per heavy atom. The zero-order chi connectivity index (χ0) is 10.7. The van der Waals surface area contributed by atoms with Gasteiger partial charge < -0.3 is 10.6 Å². The number of carbonyl (C=O) groups excluding carboxylic acids is 1.